The Morgan fingerprint density at radius 1 is 0.679 bits per heavy atom. The van der Waals surface area contributed by atoms with Crippen LogP contribution in [0.4, 0.5) is 17.1 Å². The van der Waals surface area contributed by atoms with Gasteiger partial charge in [0.1, 0.15) is 11.5 Å². The summed E-state index contributed by atoms with van der Waals surface area (Å²) < 4.78 is 23.2. The number of hydrogen-bond donors (Lipinski definition) is 1. The molecule has 4 aromatic rings. The average molecular weight is 710 g/mol. The molecule has 2 N–H and O–H groups in total. The molecule has 4 aliphatic rings. The van der Waals surface area contributed by atoms with E-state index in [0.717, 1.165) is 33.6 Å². The Morgan fingerprint density at radius 2 is 1.21 bits per heavy atom. The number of hydrogen-bond acceptors (Lipinski definition) is 9. The molecule has 0 aliphatic carbocycles. The summed E-state index contributed by atoms with van der Waals surface area (Å²) in [6.45, 7) is 2.65. The van der Waals surface area contributed by atoms with Crippen LogP contribution in [0.1, 0.15) is 56.7 Å². The third-order valence-corrected chi connectivity index (χ3v) is 9.99. The van der Waals surface area contributed by atoms with E-state index in [0.29, 0.717) is 77.9 Å². The summed E-state index contributed by atoms with van der Waals surface area (Å²) in [5.41, 5.74) is 13.7. The first-order valence-corrected chi connectivity index (χ1v) is 17.6. The van der Waals surface area contributed by atoms with Crippen LogP contribution in [-0.2, 0) is 0 Å². The number of nitrogens with two attached hydrogens (primary N) is 1. The number of benzene rings is 4. The molecule has 0 bridgehead atoms. The fraction of sp³-hybridized carbons (Fsp3) is 0.238. The number of fused-ring (bicyclic) bond motifs is 4. The van der Waals surface area contributed by atoms with E-state index in [-0.39, 0.29) is 23.9 Å². The minimum atomic E-state index is -0.192. The Morgan fingerprint density at radius 3 is 1.77 bits per heavy atom. The molecule has 0 saturated carbocycles. The number of methoxy groups -OCH3 is 2. The third-order valence-electron chi connectivity index (χ3n) is 9.99. The van der Waals surface area contributed by atoms with Crippen molar-refractivity contribution in [2.45, 2.75) is 38.3 Å². The minimum absolute atomic E-state index is 0.0884. The van der Waals surface area contributed by atoms with Crippen LogP contribution >= 0.6 is 0 Å². The molecule has 11 nitrogen and oxygen atoms in total. The first-order valence-electron chi connectivity index (χ1n) is 17.6. The highest BCUT2D eigenvalue weighted by molar-refractivity contribution is 6.06. The van der Waals surface area contributed by atoms with Crippen LogP contribution in [0.5, 0.6) is 23.0 Å². The number of ether oxygens (including phenoxy) is 4. The zero-order valence-electron chi connectivity index (χ0n) is 29.7. The number of carbonyl (C=O) groups excluding carboxylic acids is 2. The average Bonchev–Trinajstić information content (AvgIpc) is 3.76. The molecule has 0 aromatic heterocycles. The van der Waals surface area contributed by atoms with E-state index in [1.807, 2.05) is 92.4 Å². The van der Waals surface area contributed by atoms with Crippen LogP contribution in [-0.4, -0.2) is 73.6 Å². The van der Waals surface area contributed by atoms with Crippen LogP contribution in [0.25, 0.3) is 11.1 Å². The quantitative estimate of drug-likeness (QED) is 0.134. The van der Waals surface area contributed by atoms with Gasteiger partial charge in [-0.05, 0) is 71.2 Å². The SMILES string of the molecule is COc1ccc(C2=CN3C(=O)c4cc(C)c(OCCCOc5cc6c(cc5OC)C(=O)N5C=C(c7ccc(N)cc7)CC5C=N6)cc4N=CC3C2)cc1. The largest absolute Gasteiger partial charge is 0.497 e. The first kappa shape index (κ1) is 33.8. The van der Waals surface area contributed by atoms with Gasteiger partial charge in [-0.2, -0.15) is 0 Å². The Bertz CT molecular complexity index is 2220. The van der Waals surface area contributed by atoms with Gasteiger partial charge in [-0.1, -0.05) is 24.3 Å². The van der Waals surface area contributed by atoms with Crippen molar-refractivity contribution >= 4 is 52.5 Å². The molecule has 0 spiro atoms. The predicted octanol–water partition coefficient (Wildman–Crippen LogP) is 7.39. The van der Waals surface area contributed by atoms with Gasteiger partial charge in [0.15, 0.2) is 11.5 Å². The number of amides is 2. The van der Waals surface area contributed by atoms with Gasteiger partial charge >= 0.3 is 0 Å². The van der Waals surface area contributed by atoms with Crippen molar-refractivity contribution in [2.24, 2.45) is 9.98 Å². The van der Waals surface area contributed by atoms with Gasteiger partial charge in [0, 0.05) is 61.9 Å². The molecule has 2 unspecified atom stereocenters. The highest BCUT2D eigenvalue weighted by Crippen LogP contribution is 2.41. The van der Waals surface area contributed by atoms with E-state index in [4.69, 9.17) is 34.7 Å². The van der Waals surface area contributed by atoms with E-state index in [9.17, 15) is 9.59 Å². The lowest BCUT2D eigenvalue weighted by atomic mass is 10.0. The Hall–Kier alpha value is -6.36. The Labute approximate surface area is 307 Å². The molecule has 53 heavy (non-hydrogen) atoms. The van der Waals surface area contributed by atoms with Gasteiger partial charge in [-0.25, -0.2) is 0 Å². The molecule has 268 valence electrons. The Kier molecular flexibility index (Phi) is 8.91. The third kappa shape index (κ3) is 6.50. The molecule has 2 atom stereocenters. The summed E-state index contributed by atoms with van der Waals surface area (Å²) in [5.74, 6) is 2.16. The van der Waals surface area contributed by atoms with Crippen molar-refractivity contribution in [1.29, 1.82) is 0 Å². The van der Waals surface area contributed by atoms with Crippen molar-refractivity contribution in [2.75, 3.05) is 33.2 Å². The van der Waals surface area contributed by atoms with E-state index < -0.39 is 0 Å². The molecule has 4 aliphatic heterocycles. The van der Waals surface area contributed by atoms with E-state index in [1.54, 1.807) is 36.2 Å². The van der Waals surface area contributed by atoms with Gasteiger partial charge in [0.2, 0.25) is 0 Å². The van der Waals surface area contributed by atoms with Gasteiger partial charge in [-0.3, -0.25) is 19.6 Å². The second-order valence-corrected chi connectivity index (χ2v) is 13.4. The van der Waals surface area contributed by atoms with Gasteiger partial charge in [-0.15, -0.1) is 0 Å². The summed E-state index contributed by atoms with van der Waals surface area (Å²) in [5, 5.41) is 0. The van der Waals surface area contributed by atoms with Crippen LogP contribution < -0.4 is 24.7 Å². The molecular weight excluding hydrogens is 670 g/mol. The minimum Gasteiger partial charge on any atom is -0.497 e. The molecule has 0 radical (unpaired) electrons. The number of aliphatic imine (C=N–C) groups is 2. The van der Waals surface area contributed by atoms with Crippen LogP contribution in [0, 0.1) is 6.92 Å². The first-order chi connectivity index (χ1) is 25.8. The maximum atomic E-state index is 13.7. The lowest BCUT2D eigenvalue weighted by Gasteiger charge is -2.19. The zero-order chi connectivity index (χ0) is 36.6. The highest BCUT2D eigenvalue weighted by atomic mass is 16.5. The fourth-order valence-corrected chi connectivity index (χ4v) is 7.08. The summed E-state index contributed by atoms with van der Waals surface area (Å²) in [6, 6.07) is 22.3. The topological polar surface area (TPSA) is 128 Å². The van der Waals surface area contributed by atoms with Crippen LogP contribution in [0.3, 0.4) is 0 Å². The molecular formula is C42H39N5O6. The van der Waals surface area contributed by atoms with Crippen molar-refractivity contribution < 1.29 is 28.5 Å². The number of nitrogens with zero attached hydrogens (tertiary/aromatic N) is 4. The van der Waals surface area contributed by atoms with Crippen LogP contribution in [0.2, 0.25) is 0 Å². The molecule has 2 amide bonds. The number of rotatable bonds is 10. The van der Waals surface area contributed by atoms with Crippen molar-refractivity contribution in [3.63, 3.8) is 0 Å². The lowest BCUT2D eigenvalue weighted by molar-refractivity contribution is 0.0809. The van der Waals surface area contributed by atoms with E-state index in [1.165, 1.54) is 0 Å². The summed E-state index contributed by atoms with van der Waals surface area (Å²) >= 11 is 0. The second kappa shape index (κ2) is 14.0. The van der Waals surface area contributed by atoms with Crippen molar-refractivity contribution in [3.8, 4) is 23.0 Å². The molecule has 4 heterocycles. The molecule has 0 saturated heterocycles. The fourth-order valence-electron chi connectivity index (χ4n) is 7.08. The number of nitrogen functional groups attached to an aromatic ring is 1. The van der Waals surface area contributed by atoms with E-state index >= 15 is 0 Å². The maximum absolute atomic E-state index is 13.7. The second-order valence-electron chi connectivity index (χ2n) is 13.4. The summed E-state index contributed by atoms with van der Waals surface area (Å²) in [7, 11) is 3.19. The summed E-state index contributed by atoms with van der Waals surface area (Å²) in [4.78, 5) is 40.3. The molecule has 11 heteroatoms. The van der Waals surface area contributed by atoms with Gasteiger partial charge < -0.3 is 34.5 Å². The summed E-state index contributed by atoms with van der Waals surface area (Å²) in [6.07, 6.45) is 9.39. The van der Waals surface area contributed by atoms with Crippen molar-refractivity contribution in [3.05, 3.63) is 113 Å². The molecule has 0 fully saturated rings. The molecule has 8 rings (SSSR count). The number of carbonyl (C=O) groups is 2. The smallest absolute Gasteiger partial charge is 0.260 e. The van der Waals surface area contributed by atoms with Gasteiger partial charge in [0.25, 0.3) is 11.8 Å². The predicted molar refractivity (Wildman–Crippen MR) is 205 cm³/mol. The lowest BCUT2D eigenvalue weighted by Crippen LogP contribution is -2.32. The van der Waals surface area contributed by atoms with Crippen LogP contribution in [0.15, 0.2) is 95.2 Å². The maximum Gasteiger partial charge on any atom is 0.260 e. The Balaban J connectivity index is 0.896. The normalized spacial score (nSPS) is 18.3. The molecule has 4 aromatic carbocycles. The van der Waals surface area contributed by atoms with Crippen molar-refractivity contribution in [1.82, 2.24) is 9.80 Å². The highest BCUT2D eigenvalue weighted by Gasteiger charge is 2.35. The van der Waals surface area contributed by atoms with E-state index in [2.05, 4.69) is 0 Å². The number of aryl methyl sites for hydroxylation is 1. The number of anilines is 1. The standard InChI is InChI=1S/C42H39N5O6/c1-25-15-34-36(44-21-31-17-29(24-46(31)41(34)48)27-7-11-33(50-2)12-8-27)19-38(25)52-13-4-14-53-40-20-37-35(18-39(40)51-3)42(49)47-23-28(16-32(47)22-45-37)26-5-9-30(43)10-6-26/h5-12,15,18-24,31-32H,4,13-14,16-17,43H2,1-3H3. The monoisotopic (exact) mass is 709 g/mol. The van der Waals surface area contributed by atoms with Gasteiger partial charge in [0.05, 0.1) is 62.0 Å². The zero-order valence-corrected chi connectivity index (χ0v) is 29.7.